The van der Waals surface area contributed by atoms with Crippen LogP contribution in [0, 0.1) is 0 Å². The smallest absolute Gasteiger partial charge is 0.319 e. The van der Waals surface area contributed by atoms with Crippen molar-refractivity contribution in [1.82, 2.24) is 10.3 Å². The van der Waals surface area contributed by atoms with Crippen LogP contribution < -0.4 is 20.3 Å². The van der Waals surface area contributed by atoms with Crippen molar-refractivity contribution in [2.45, 2.75) is 6.54 Å². The molecule has 3 rings (SSSR count). The molecular weight excluding hydrogens is 372 g/mol. The predicted octanol–water partition coefficient (Wildman–Crippen LogP) is 3.62. The lowest BCUT2D eigenvalue weighted by Gasteiger charge is -2.27. The second-order valence-corrected chi connectivity index (χ2v) is 7.44. The Morgan fingerprint density at radius 3 is 2.88 bits per heavy atom. The maximum Gasteiger partial charge on any atom is 0.319 e. The number of anilines is 2. The van der Waals surface area contributed by atoms with Crippen LogP contribution in [0.3, 0.4) is 0 Å². The topological polar surface area (TPSA) is 66.5 Å². The lowest BCUT2D eigenvalue weighted by molar-refractivity contribution is 0.251. The van der Waals surface area contributed by atoms with Gasteiger partial charge < -0.3 is 20.3 Å². The highest BCUT2D eigenvalue weighted by atomic mass is 35.5. The van der Waals surface area contributed by atoms with Crippen molar-refractivity contribution in [2.24, 2.45) is 0 Å². The number of amides is 2. The van der Waals surface area contributed by atoms with Crippen LogP contribution in [-0.4, -0.2) is 42.7 Å². The van der Waals surface area contributed by atoms with E-state index in [0.29, 0.717) is 23.0 Å². The Labute approximate surface area is 162 Å². The Balaban J connectivity index is 1.58. The highest BCUT2D eigenvalue weighted by molar-refractivity contribution is 7.99. The molecule has 1 aromatic heterocycles. The molecule has 0 spiro atoms. The van der Waals surface area contributed by atoms with E-state index in [1.54, 1.807) is 31.5 Å². The van der Waals surface area contributed by atoms with Crippen molar-refractivity contribution in [2.75, 3.05) is 41.9 Å². The molecule has 1 aliphatic rings. The number of carbonyl (C=O) groups is 1. The molecule has 2 amide bonds. The minimum absolute atomic E-state index is 0.321. The molecular formula is C18H21ClN4O2S. The Bertz CT molecular complexity index is 769. The number of thioether (sulfide) groups is 1. The van der Waals surface area contributed by atoms with E-state index in [1.807, 2.05) is 23.9 Å². The fourth-order valence-electron chi connectivity index (χ4n) is 2.66. The van der Waals surface area contributed by atoms with Crippen LogP contribution in [0.25, 0.3) is 0 Å². The van der Waals surface area contributed by atoms with Crippen LogP contribution in [0.1, 0.15) is 5.56 Å². The summed E-state index contributed by atoms with van der Waals surface area (Å²) in [7, 11) is 1.55. The normalized spacial score (nSPS) is 14.0. The third kappa shape index (κ3) is 4.95. The summed E-state index contributed by atoms with van der Waals surface area (Å²) in [6.45, 7) is 2.42. The number of hydrogen-bond acceptors (Lipinski definition) is 5. The first-order valence-corrected chi connectivity index (χ1v) is 9.85. The number of nitrogens with zero attached hydrogens (tertiary/aromatic N) is 2. The molecule has 0 radical (unpaired) electrons. The van der Waals surface area contributed by atoms with Gasteiger partial charge >= 0.3 is 6.03 Å². The minimum atomic E-state index is -0.321. The van der Waals surface area contributed by atoms with Crippen molar-refractivity contribution in [3.8, 4) is 5.75 Å². The molecule has 0 saturated carbocycles. The van der Waals surface area contributed by atoms with E-state index >= 15 is 0 Å². The quantitative estimate of drug-likeness (QED) is 0.813. The Kier molecular flexibility index (Phi) is 6.46. The number of halogens is 1. The lowest BCUT2D eigenvalue weighted by atomic mass is 10.2. The maximum absolute atomic E-state index is 12.2. The van der Waals surface area contributed by atoms with Crippen LogP contribution in [0.5, 0.6) is 5.75 Å². The number of rotatable bonds is 5. The van der Waals surface area contributed by atoms with E-state index in [-0.39, 0.29) is 6.03 Å². The average Bonchev–Trinajstić information content (AvgIpc) is 2.67. The van der Waals surface area contributed by atoms with Crippen LogP contribution in [-0.2, 0) is 6.54 Å². The Hall–Kier alpha value is -2.12. The number of methoxy groups -OCH3 is 1. The van der Waals surface area contributed by atoms with Gasteiger partial charge in [0.15, 0.2) is 0 Å². The molecule has 1 aromatic carbocycles. The van der Waals surface area contributed by atoms with Crippen molar-refractivity contribution >= 4 is 40.9 Å². The molecule has 0 atom stereocenters. The number of nitrogens with one attached hydrogen (secondary N) is 2. The van der Waals surface area contributed by atoms with Gasteiger partial charge in [0.05, 0.1) is 12.8 Å². The van der Waals surface area contributed by atoms with E-state index in [9.17, 15) is 4.79 Å². The number of aromatic nitrogens is 1. The van der Waals surface area contributed by atoms with Crippen LogP contribution in [0.4, 0.5) is 16.3 Å². The molecule has 138 valence electrons. The predicted molar refractivity (Wildman–Crippen MR) is 108 cm³/mol. The van der Waals surface area contributed by atoms with Gasteiger partial charge in [-0.25, -0.2) is 9.78 Å². The summed E-state index contributed by atoms with van der Waals surface area (Å²) < 4.78 is 5.23. The zero-order chi connectivity index (χ0) is 18.4. The first-order valence-electron chi connectivity index (χ1n) is 8.32. The van der Waals surface area contributed by atoms with Crippen molar-refractivity contribution in [3.05, 3.63) is 47.1 Å². The largest absolute Gasteiger partial charge is 0.495 e. The summed E-state index contributed by atoms with van der Waals surface area (Å²) in [6.07, 6.45) is 1.78. The average molecular weight is 393 g/mol. The first-order chi connectivity index (χ1) is 12.7. The van der Waals surface area contributed by atoms with Gasteiger partial charge in [-0.1, -0.05) is 11.6 Å². The molecule has 1 fully saturated rings. The molecule has 0 aliphatic carbocycles. The summed E-state index contributed by atoms with van der Waals surface area (Å²) in [6, 6.07) is 8.68. The van der Waals surface area contributed by atoms with Gasteiger partial charge in [-0.3, -0.25) is 0 Å². The number of pyridine rings is 1. The molecule has 2 N–H and O–H groups in total. The summed E-state index contributed by atoms with van der Waals surface area (Å²) in [5.41, 5.74) is 1.53. The van der Waals surface area contributed by atoms with E-state index in [2.05, 4.69) is 20.5 Å². The maximum atomic E-state index is 12.2. The van der Waals surface area contributed by atoms with Crippen molar-refractivity contribution < 1.29 is 9.53 Å². The number of carbonyl (C=O) groups excluding carboxylic acids is 1. The molecule has 1 saturated heterocycles. The van der Waals surface area contributed by atoms with E-state index in [4.69, 9.17) is 16.3 Å². The zero-order valence-corrected chi connectivity index (χ0v) is 16.1. The third-order valence-corrected chi connectivity index (χ3v) is 5.19. The van der Waals surface area contributed by atoms with Gasteiger partial charge in [0.2, 0.25) is 0 Å². The zero-order valence-electron chi connectivity index (χ0n) is 14.5. The van der Waals surface area contributed by atoms with Crippen LogP contribution in [0.15, 0.2) is 36.5 Å². The fourth-order valence-corrected chi connectivity index (χ4v) is 3.74. The van der Waals surface area contributed by atoms with Gasteiger partial charge in [0.1, 0.15) is 11.6 Å². The SMILES string of the molecule is COc1ccc(Cl)cc1NC(=O)NCc1ccnc(N2CCSCC2)c1. The van der Waals surface area contributed by atoms with Gasteiger partial charge in [-0.2, -0.15) is 11.8 Å². The lowest BCUT2D eigenvalue weighted by Crippen LogP contribution is -2.33. The van der Waals surface area contributed by atoms with Crippen LogP contribution >= 0.6 is 23.4 Å². The molecule has 6 nitrogen and oxygen atoms in total. The van der Waals surface area contributed by atoms with E-state index in [0.717, 1.165) is 36.0 Å². The molecule has 1 aliphatic heterocycles. The monoisotopic (exact) mass is 392 g/mol. The van der Waals surface area contributed by atoms with Gasteiger partial charge in [0.25, 0.3) is 0 Å². The first kappa shape index (κ1) is 18.7. The highest BCUT2D eigenvalue weighted by Gasteiger charge is 2.13. The third-order valence-electron chi connectivity index (χ3n) is 4.01. The molecule has 0 unspecified atom stereocenters. The number of benzene rings is 1. The number of hydrogen-bond donors (Lipinski definition) is 2. The second-order valence-electron chi connectivity index (χ2n) is 5.77. The molecule has 8 heteroatoms. The minimum Gasteiger partial charge on any atom is -0.495 e. The summed E-state index contributed by atoms with van der Waals surface area (Å²) in [4.78, 5) is 18.9. The molecule has 0 bridgehead atoms. The molecule has 26 heavy (non-hydrogen) atoms. The summed E-state index contributed by atoms with van der Waals surface area (Å²) in [5, 5.41) is 6.14. The Morgan fingerprint density at radius 2 is 2.12 bits per heavy atom. The van der Waals surface area contributed by atoms with Crippen molar-refractivity contribution in [3.63, 3.8) is 0 Å². The highest BCUT2D eigenvalue weighted by Crippen LogP contribution is 2.27. The van der Waals surface area contributed by atoms with Gasteiger partial charge in [-0.05, 0) is 35.9 Å². The summed E-state index contributed by atoms with van der Waals surface area (Å²) >= 11 is 7.94. The van der Waals surface area contributed by atoms with E-state index in [1.165, 1.54) is 0 Å². The van der Waals surface area contributed by atoms with Gasteiger partial charge in [0, 0.05) is 42.4 Å². The molecule has 2 heterocycles. The van der Waals surface area contributed by atoms with Crippen LogP contribution in [0.2, 0.25) is 5.02 Å². The molecule has 2 aromatic rings. The Morgan fingerprint density at radius 1 is 1.31 bits per heavy atom. The van der Waals surface area contributed by atoms with Crippen molar-refractivity contribution in [1.29, 1.82) is 0 Å². The number of ether oxygens (including phenoxy) is 1. The second kappa shape index (κ2) is 9.00. The summed E-state index contributed by atoms with van der Waals surface area (Å²) in [5.74, 6) is 3.75. The van der Waals surface area contributed by atoms with Gasteiger partial charge in [-0.15, -0.1) is 0 Å². The number of urea groups is 1. The standard InChI is InChI=1S/C18H21ClN4O2S/c1-25-16-3-2-14(19)11-15(16)22-18(24)21-12-13-4-5-20-17(10-13)23-6-8-26-9-7-23/h2-5,10-11H,6-9,12H2,1H3,(H2,21,22,24). The fraction of sp³-hybridized carbons (Fsp3) is 0.333. The van der Waals surface area contributed by atoms with E-state index < -0.39 is 0 Å².